The van der Waals surface area contributed by atoms with Gasteiger partial charge in [-0.2, -0.15) is 0 Å². The molecular weight excluding hydrogens is 326 g/mol. The van der Waals surface area contributed by atoms with Crippen LogP contribution in [0.1, 0.15) is 24.8 Å². The average Bonchev–Trinajstić information content (AvgIpc) is 2.99. The Kier molecular flexibility index (Phi) is 3.08. The third kappa shape index (κ3) is 2.22. The van der Waals surface area contributed by atoms with Crippen LogP contribution in [-0.4, -0.2) is 16.0 Å². The van der Waals surface area contributed by atoms with Gasteiger partial charge in [0.05, 0.1) is 10.3 Å². The maximum atomic E-state index is 11.7. The predicted octanol–water partition coefficient (Wildman–Crippen LogP) is 3.40. The van der Waals surface area contributed by atoms with E-state index in [1.807, 2.05) is 0 Å². The quantitative estimate of drug-likeness (QED) is 0.673. The fourth-order valence-corrected chi connectivity index (χ4v) is 3.86. The third-order valence-corrected chi connectivity index (χ3v) is 5.09. The van der Waals surface area contributed by atoms with Gasteiger partial charge in [0.2, 0.25) is 0 Å². The number of carbonyl (C=O) groups is 1. The summed E-state index contributed by atoms with van der Waals surface area (Å²) in [7, 11) is 0. The molecule has 6 heteroatoms. The van der Waals surface area contributed by atoms with Gasteiger partial charge in [-0.05, 0) is 43.6 Å². The number of nitrogens with zero attached hydrogens (tertiary/aromatic N) is 1. The highest BCUT2D eigenvalue weighted by Gasteiger charge is 2.57. The van der Waals surface area contributed by atoms with Crippen LogP contribution in [0.15, 0.2) is 22.7 Å². The normalized spacial score (nSPS) is 30.9. The van der Waals surface area contributed by atoms with Crippen LogP contribution in [0, 0.1) is 27.4 Å². The smallest absolute Gasteiger partial charge is 0.309 e. The summed E-state index contributed by atoms with van der Waals surface area (Å²) < 4.78 is 0.631. The van der Waals surface area contributed by atoms with Gasteiger partial charge in [-0.25, -0.2) is 0 Å². The first kappa shape index (κ1) is 13.5. The van der Waals surface area contributed by atoms with E-state index in [9.17, 15) is 20.0 Å². The molecule has 0 aliphatic heterocycles. The Labute approximate surface area is 124 Å². The molecule has 1 N–H and O–H groups in total. The number of nitro groups is 1. The summed E-state index contributed by atoms with van der Waals surface area (Å²) in [6.45, 7) is 0. The molecule has 2 atom stereocenters. The number of nitro benzene ring substituents is 1. The monoisotopic (exact) mass is 339 g/mol. The number of halogens is 1. The average molecular weight is 340 g/mol. The number of benzene rings is 1. The number of hydrogen-bond donors (Lipinski definition) is 1. The Morgan fingerprint density at radius 2 is 2.10 bits per heavy atom. The molecule has 0 aromatic heterocycles. The van der Waals surface area contributed by atoms with Crippen LogP contribution in [0.5, 0.6) is 0 Å². The van der Waals surface area contributed by atoms with Crippen molar-refractivity contribution in [3.05, 3.63) is 38.3 Å². The largest absolute Gasteiger partial charge is 0.481 e. The first-order chi connectivity index (χ1) is 9.41. The topological polar surface area (TPSA) is 80.4 Å². The minimum Gasteiger partial charge on any atom is -0.481 e. The lowest BCUT2D eigenvalue weighted by molar-refractivity contribution is -0.385. The van der Waals surface area contributed by atoms with Crippen molar-refractivity contribution in [3.8, 4) is 0 Å². The first-order valence-electron chi connectivity index (χ1n) is 6.57. The molecule has 2 unspecified atom stereocenters. The van der Waals surface area contributed by atoms with Gasteiger partial charge < -0.3 is 5.11 Å². The lowest BCUT2D eigenvalue weighted by Crippen LogP contribution is -2.32. The Bertz CT molecular complexity index is 591. The van der Waals surface area contributed by atoms with Gasteiger partial charge in [0.1, 0.15) is 0 Å². The summed E-state index contributed by atoms with van der Waals surface area (Å²) in [6.07, 6.45) is 2.68. The van der Waals surface area contributed by atoms with Crippen molar-refractivity contribution >= 4 is 27.6 Å². The van der Waals surface area contributed by atoms with Crippen LogP contribution in [0.4, 0.5) is 5.69 Å². The zero-order chi connectivity index (χ0) is 14.5. The highest BCUT2D eigenvalue weighted by atomic mass is 79.9. The van der Waals surface area contributed by atoms with E-state index in [1.54, 1.807) is 12.1 Å². The number of fused-ring (bicyclic) bond motifs is 1. The van der Waals surface area contributed by atoms with E-state index >= 15 is 0 Å². The minimum absolute atomic E-state index is 0.000531. The maximum Gasteiger partial charge on any atom is 0.309 e. The van der Waals surface area contributed by atoms with Crippen molar-refractivity contribution < 1.29 is 14.8 Å². The van der Waals surface area contributed by atoms with E-state index in [2.05, 4.69) is 15.9 Å². The van der Waals surface area contributed by atoms with Crippen LogP contribution in [0.25, 0.3) is 0 Å². The van der Waals surface area contributed by atoms with E-state index in [0.29, 0.717) is 34.7 Å². The highest BCUT2D eigenvalue weighted by Crippen LogP contribution is 2.61. The van der Waals surface area contributed by atoms with E-state index in [-0.39, 0.29) is 12.1 Å². The molecule has 0 bridgehead atoms. The molecule has 0 heterocycles. The molecule has 0 radical (unpaired) electrons. The second-order valence-corrected chi connectivity index (χ2v) is 6.87. The standard InChI is InChI=1S/C14H14BrNO4/c15-11-2-1-8(12(4-11)16(19)20)5-14(13(17)18)6-9-3-10(9)7-14/h1-2,4,9-10H,3,5-7H2,(H,17,18). The Morgan fingerprint density at radius 3 is 2.65 bits per heavy atom. The number of carboxylic acids is 1. The minimum atomic E-state index is -0.818. The van der Waals surface area contributed by atoms with Crippen molar-refractivity contribution in [1.29, 1.82) is 0 Å². The van der Waals surface area contributed by atoms with Crippen LogP contribution >= 0.6 is 15.9 Å². The zero-order valence-electron chi connectivity index (χ0n) is 10.7. The summed E-state index contributed by atoms with van der Waals surface area (Å²) in [4.78, 5) is 22.4. The molecule has 2 aliphatic carbocycles. The molecule has 1 aromatic carbocycles. The molecule has 2 fully saturated rings. The third-order valence-electron chi connectivity index (χ3n) is 4.60. The summed E-state index contributed by atoms with van der Waals surface area (Å²) in [6, 6.07) is 4.84. The summed E-state index contributed by atoms with van der Waals surface area (Å²) in [5, 5.41) is 20.7. The second-order valence-electron chi connectivity index (χ2n) is 5.96. The molecule has 106 valence electrons. The van der Waals surface area contributed by atoms with Gasteiger partial charge in [0.15, 0.2) is 0 Å². The highest BCUT2D eigenvalue weighted by molar-refractivity contribution is 9.10. The van der Waals surface area contributed by atoms with E-state index < -0.39 is 16.3 Å². The zero-order valence-corrected chi connectivity index (χ0v) is 12.3. The lowest BCUT2D eigenvalue weighted by atomic mass is 9.77. The second kappa shape index (κ2) is 4.55. The van der Waals surface area contributed by atoms with Gasteiger partial charge in [0.25, 0.3) is 5.69 Å². The van der Waals surface area contributed by atoms with Crippen molar-refractivity contribution in [3.63, 3.8) is 0 Å². The molecule has 0 saturated heterocycles. The van der Waals surface area contributed by atoms with Crippen molar-refractivity contribution in [2.24, 2.45) is 17.3 Å². The van der Waals surface area contributed by atoms with Crippen LogP contribution < -0.4 is 0 Å². The van der Waals surface area contributed by atoms with Crippen molar-refractivity contribution in [2.75, 3.05) is 0 Å². The van der Waals surface area contributed by atoms with Crippen LogP contribution in [0.2, 0.25) is 0 Å². The molecule has 3 rings (SSSR count). The lowest BCUT2D eigenvalue weighted by Gasteiger charge is -2.25. The molecule has 5 nitrogen and oxygen atoms in total. The van der Waals surface area contributed by atoms with Gasteiger partial charge in [-0.1, -0.05) is 22.0 Å². The molecule has 2 saturated carbocycles. The van der Waals surface area contributed by atoms with E-state index in [0.717, 1.165) is 6.42 Å². The number of rotatable bonds is 4. The molecular formula is C14H14BrNO4. The summed E-state index contributed by atoms with van der Waals surface area (Å²) in [5.41, 5.74) is -0.297. The van der Waals surface area contributed by atoms with E-state index in [1.165, 1.54) is 6.07 Å². The fourth-order valence-electron chi connectivity index (χ4n) is 3.51. The molecule has 0 spiro atoms. The number of carboxylic acid groups (broad SMARTS) is 1. The van der Waals surface area contributed by atoms with Crippen LogP contribution in [-0.2, 0) is 11.2 Å². The van der Waals surface area contributed by atoms with Gasteiger partial charge in [0, 0.05) is 16.1 Å². The Morgan fingerprint density at radius 1 is 1.45 bits per heavy atom. The number of hydrogen-bond acceptors (Lipinski definition) is 3. The van der Waals surface area contributed by atoms with Gasteiger partial charge >= 0.3 is 5.97 Å². The summed E-state index contributed by atoms with van der Waals surface area (Å²) >= 11 is 3.22. The molecule has 20 heavy (non-hydrogen) atoms. The number of aliphatic carboxylic acids is 1. The van der Waals surface area contributed by atoms with Gasteiger partial charge in [-0.15, -0.1) is 0 Å². The fraction of sp³-hybridized carbons (Fsp3) is 0.500. The van der Waals surface area contributed by atoms with E-state index in [4.69, 9.17) is 0 Å². The SMILES string of the molecule is O=C(O)C1(Cc2ccc(Br)cc2[N+](=O)[O-])CC2CC2C1. The molecule has 0 amide bonds. The Hall–Kier alpha value is -1.43. The molecule has 1 aromatic rings. The van der Waals surface area contributed by atoms with Crippen molar-refractivity contribution in [1.82, 2.24) is 0 Å². The molecule has 2 aliphatic rings. The summed E-state index contributed by atoms with van der Waals surface area (Å²) in [5.74, 6) is 0.211. The van der Waals surface area contributed by atoms with Crippen molar-refractivity contribution in [2.45, 2.75) is 25.7 Å². The maximum absolute atomic E-state index is 11.7. The Balaban J connectivity index is 1.93. The van der Waals surface area contributed by atoms with Crippen LogP contribution in [0.3, 0.4) is 0 Å². The van der Waals surface area contributed by atoms with Gasteiger partial charge in [-0.3, -0.25) is 14.9 Å². The first-order valence-corrected chi connectivity index (χ1v) is 7.37. The predicted molar refractivity (Wildman–Crippen MR) is 75.4 cm³/mol.